The number of alkyl halides is 3. The molecule has 1 aliphatic heterocycles. The highest BCUT2D eigenvalue weighted by Crippen LogP contribution is 2.21. The number of nitrogens with one attached hydrogen (secondary N) is 2. The SMILES string of the molecule is CC(C)(C)OC(=O)NC1CNCC1OC(F)(F)F. The van der Waals surface area contributed by atoms with Crippen molar-refractivity contribution in [3.63, 3.8) is 0 Å². The minimum atomic E-state index is -4.72. The van der Waals surface area contributed by atoms with Gasteiger partial charge >= 0.3 is 12.5 Å². The smallest absolute Gasteiger partial charge is 0.444 e. The molecule has 0 saturated carbocycles. The number of halogens is 3. The summed E-state index contributed by atoms with van der Waals surface area (Å²) >= 11 is 0. The zero-order valence-electron chi connectivity index (χ0n) is 10.4. The van der Waals surface area contributed by atoms with Gasteiger partial charge < -0.3 is 15.4 Å². The number of amides is 1. The molecule has 1 rings (SSSR count). The van der Waals surface area contributed by atoms with Gasteiger partial charge in [-0.1, -0.05) is 0 Å². The molecule has 1 aliphatic rings. The summed E-state index contributed by atoms with van der Waals surface area (Å²) in [6.45, 7) is 5.25. The van der Waals surface area contributed by atoms with Crippen molar-refractivity contribution in [2.75, 3.05) is 13.1 Å². The molecule has 0 aromatic heterocycles. The van der Waals surface area contributed by atoms with Crippen molar-refractivity contribution in [1.82, 2.24) is 10.6 Å². The Labute approximate surface area is 103 Å². The van der Waals surface area contributed by atoms with Gasteiger partial charge in [-0.15, -0.1) is 13.2 Å². The van der Waals surface area contributed by atoms with Crippen LogP contribution < -0.4 is 10.6 Å². The van der Waals surface area contributed by atoms with Crippen LogP contribution in [0.1, 0.15) is 20.8 Å². The number of hydrogen-bond donors (Lipinski definition) is 2. The van der Waals surface area contributed by atoms with Crippen molar-refractivity contribution in [1.29, 1.82) is 0 Å². The summed E-state index contributed by atoms with van der Waals surface area (Å²) in [5, 5.41) is 5.08. The van der Waals surface area contributed by atoms with Crippen LogP contribution in [0.3, 0.4) is 0 Å². The summed E-state index contributed by atoms with van der Waals surface area (Å²) < 4.78 is 45.2. The summed E-state index contributed by atoms with van der Waals surface area (Å²) in [4.78, 5) is 11.4. The Bertz CT molecular complexity index is 302. The summed E-state index contributed by atoms with van der Waals surface area (Å²) in [6.07, 6.45) is -6.62. The third-order valence-electron chi connectivity index (χ3n) is 2.15. The molecule has 106 valence electrons. The van der Waals surface area contributed by atoms with E-state index in [4.69, 9.17) is 4.74 Å². The van der Waals surface area contributed by atoms with Gasteiger partial charge in [0.25, 0.3) is 0 Å². The first-order valence-electron chi connectivity index (χ1n) is 5.51. The van der Waals surface area contributed by atoms with Gasteiger partial charge in [0.2, 0.25) is 0 Å². The number of carbonyl (C=O) groups excluding carboxylic acids is 1. The Hall–Kier alpha value is -1.02. The second kappa shape index (κ2) is 5.31. The number of rotatable bonds is 2. The molecule has 0 aliphatic carbocycles. The molecule has 0 spiro atoms. The maximum absolute atomic E-state index is 12.1. The molecular formula is C10H17F3N2O3. The number of hydrogen-bond acceptors (Lipinski definition) is 4. The van der Waals surface area contributed by atoms with Crippen LogP contribution >= 0.6 is 0 Å². The van der Waals surface area contributed by atoms with Crippen LogP contribution in [0.15, 0.2) is 0 Å². The number of carbonyl (C=O) groups is 1. The second-order valence-corrected chi connectivity index (χ2v) is 5.01. The Balaban J connectivity index is 2.48. The quantitative estimate of drug-likeness (QED) is 0.796. The molecule has 5 nitrogen and oxygen atoms in total. The second-order valence-electron chi connectivity index (χ2n) is 5.01. The van der Waals surface area contributed by atoms with E-state index in [2.05, 4.69) is 15.4 Å². The predicted octanol–water partition coefficient (Wildman–Crippen LogP) is 1.39. The monoisotopic (exact) mass is 270 g/mol. The van der Waals surface area contributed by atoms with E-state index in [1.165, 1.54) is 0 Å². The van der Waals surface area contributed by atoms with Gasteiger partial charge in [-0.3, -0.25) is 4.74 Å². The Morgan fingerprint density at radius 3 is 2.39 bits per heavy atom. The lowest BCUT2D eigenvalue weighted by Gasteiger charge is -2.24. The summed E-state index contributed by atoms with van der Waals surface area (Å²) in [5.74, 6) is 0. The van der Waals surface area contributed by atoms with Crippen LogP contribution in [0.2, 0.25) is 0 Å². The van der Waals surface area contributed by atoms with Gasteiger partial charge in [0.15, 0.2) is 0 Å². The molecule has 0 aromatic carbocycles. The molecule has 1 amide bonds. The first-order chi connectivity index (χ1) is 8.07. The van der Waals surface area contributed by atoms with Crippen molar-refractivity contribution >= 4 is 6.09 Å². The minimum absolute atomic E-state index is 0.0278. The molecule has 0 aromatic rings. The van der Waals surface area contributed by atoms with E-state index in [0.29, 0.717) is 0 Å². The molecule has 0 radical (unpaired) electrons. The first kappa shape index (κ1) is 15.0. The molecule has 8 heteroatoms. The first-order valence-corrected chi connectivity index (χ1v) is 5.51. The zero-order chi connectivity index (χ0) is 14.0. The van der Waals surface area contributed by atoms with E-state index in [9.17, 15) is 18.0 Å². The molecule has 0 bridgehead atoms. The van der Waals surface area contributed by atoms with Crippen LogP contribution in [-0.4, -0.2) is 43.3 Å². The van der Waals surface area contributed by atoms with Gasteiger partial charge in [-0.2, -0.15) is 0 Å². The molecule has 18 heavy (non-hydrogen) atoms. The van der Waals surface area contributed by atoms with Crippen LogP contribution in [0.4, 0.5) is 18.0 Å². The van der Waals surface area contributed by atoms with Crippen LogP contribution in [0.5, 0.6) is 0 Å². The Morgan fingerprint density at radius 2 is 1.89 bits per heavy atom. The summed E-state index contributed by atoms with van der Waals surface area (Å²) in [5.41, 5.74) is -0.698. The summed E-state index contributed by atoms with van der Waals surface area (Å²) in [7, 11) is 0. The topological polar surface area (TPSA) is 59.6 Å². The van der Waals surface area contributed by atoms with Crippen LogP contribution in [0.25, 0.3) is 0 Å². The lowest BCUT2D eigenvalue weighted by Crippen LogP contribution is -2.47. The normalized spacial score (nSPS) is 25.0. The fraction of sp³-hybridized carbons (Fsp3) is 0.900. The highest BCUT2D eigenvalue weighted by molar-refractivity contribution is 5.68. The Morgan fingerprint density at radius 1 is 1.28 bits per heavy atom. The fourth-order valence-electron chi connectivity index (χ4n) is 1.55. The van der Waals surface area contributed by atoms with E-state index < -0.39 is 30.2 Å². The van der Waals surface area contributed by atoms with E-state index in [-0.39, 0.29) is 13.1 Å². The van der Waals surface area contributed by atoms with Crippen molar-refractivity contribution in [3.05, 3.63) is 0 Å². The molecule has 2 unspecified atom stereocenters. The lowest BCUT2D eigenvalue weighted by molar-refractivity contribution is -0.341. The molecule has 1 saturated heterocycles. The standard InChI is InChI=1S/C10H17F3N2O3/c1-9(2,3)18-8(16)15-6-4-14-5-7(6)17-10(11,12)13/h6-7,14H,4-5H2,1-3H3,(H,15,16). The van der Waals surface area contributed by atoms with Gasteiger partial charge in [0.05, 0.1) is 6.04 Å². The lowest BCUT2D eigenvalue weighted by atomic mass is 10.2. The third-order valence-corrected chi connectivity index (χ3v) is 2.15. The fourth-order valence-corrected chi connectivity index (χ4v) is 1.55. The zero-order valence-corrected chi connectivity index (χ0v) is 10.4. The van der Waals surface area contributed by atoms with Crippen molar-refractivity contribution in [3.8, 4) is 0 Å². The molecule has 1 fully saturated rings. The third kappa shape index (κ3) is 5.54. The molecule has 2 N–H and O–H groups in total. The number of ether oxygens (including phenoxy) is 2. The van der Waals surface area contributed by atoms with E-state index in [1.807, 2.05) is 0 Å². The van der Waals surface area contributed by atoms with Crippen molar-refractivity contribution < 1.29 is 27.4 Å². The van der Waals surface area contributed by atoms with E-state index >= 15 is 0 Å². The van der Waals surface area contributed by atoms with Crippen LogP contribution in [-0.2, 0) is 9.47 Å². The Kier molecular flexibility index (Phi) is 4.44. The van der Waals surface area contributed by atoms with Gasteiger partial charge in [-0.05, 0) is 20.8 Å². The average Bonchev–Trinajstić information content (AvgIpc) is 2.45. The maximum Gasteiger partial charge on any atom is 0.522 e. The van der Waals surface area contributed by atoms with Gasteiger partial charge in [0.1, 0.15) is 11.7 Å². The predicted molar refractivity (Wildman–Crippen MR) is 57.0 cm³/mol. The minimum Gasteiger partial charge on any atom is -0.444 e. The van der Waals surface area contributed by atoms with E-state index in [0.717, 1.165) is 0 Å². The van der Waals surface area contributed by atoms with Gasteiger partial charge in [-0.25, -0.2) is 4.79 Å². The maximum atomic E-state index is 12.1. The van der Waals surface area contributed by atoms with Crippen molar-refractivity contribution in [2.24, 2.45) is 0 Å². The highest BCUT2D eigenvalue weighted by Gasteiger charge is 2.40. The molecular weight excluding hydrogens is 253 g/mol. The highest BCUT2D eigenvalue weighted by atomic mass is 19.4. The van der Waals surface area contributed by atoms with E-state index in [1.54, 1.807) is 20.8 Å². The largest absolute Gasteiger partial charge is 0.522 e. The summed E-state index contributed by atoms with van der Waals surface area (Å²) in [6, 6.07) is -0.763. The average molecular weight is 270 g/mol. The number of alkyl carbamates (subject to hydrolysis) is 1. The van der Waals surface area contributed by atoms with Gasteiger partial charge in [0, 0.05) is 13.1 Å². The van der Waals surface area contributed by atoms with Crippen LogP contribution in [0, 0.1) is 0 Å². The van der Waals surface area contributed by atoms with Crippen molar-refractivity contribution in [2.45, 2.75) is 44.9 Å². The molecule has 1 heterocycles. The molecule has 2 atom stereocenters.